The van der Waals surface area contributed by atoms with E-state index >= 15 is 0 Å². The molecular formula is C12H17N3O. The van der Waals surface area contributed by atoms with E-state index in [1.54, 1.807) is 0 Å². The van der Waals surface area contributed by atoms with E-state index in [-0.39, 0.29) is 12.5 Å². The number of nitrogens with two attached hydrogens (primary N) is 1. The molecule has 16 heavy (non-hydrogen) atoms. The van der Waals surface area contributed by atoms with Crippen molar-refractivity contribution < 1.29 is 5.11 Å². The first kappa shape index (κ1) is 11.0. The molecule has 1 heterocycles. The maximum absolute atomic E-state index is 9.09. The number of benzene rings is 1. The Morgan fingerprint density at radius 1 is 1.50 bits per heavy atom. The van der Waals surface area contributed by atoms with Gasteiger partial charge in [0, 0.05) is 18.8 Å². The summed E-state index contributed by atoms with van der Waals surface area (Å²) in [5.41, 5.74) is 8.45. The fourth-order valence-electron chi connectivity index (χ4n) is 1.87. The van der Waals surface area contributed by atoms with E-state index in [1.807, 2.05) is 32.0 Å². The third kappa shape index (κ3) is 1.88. The first-order chi connectivity index (χ1) is 7.61. The van der Waals surface area contributed by atoms with Gasteiger partial charge in [0.25, 0.3) is 0 Å². The van der Waals surface area contributed by atoms with E-state index in [0.29, 0.717) is 0 Å². The normalized spacial score (nSPS) is 13.2. The molecule has 0 saturated heterocycles. The van der Waals surface area contributed by atoms with Crippen LogP contribution in [0.25, 0.3) is 11.0 Å². The Morgan fingerprint density at radius 3 is 2.94 bits per heavy atom. The van der Waals surface area contributed by atoms with E-state index in [2.05, 4.69) is 9.55 Å². The second-order valence-corrected chi connectivity index (χ2v) is 4.31. The summed E-state index contributed by atoms with van der Waals surface area (Å²) in [7, 11) is 0. The lowest BCUT2D eigenvalue weighted by Gasteiger charge is -2.11. The van der Waals surface area contributed by atoms with Crippen molar-refractivity contribution in [3.63, 3.8) is 0 Å². The number of aliphatic hydroxyl groups excluding tert-OH is 1. The van der Waals surface area contributed by atoms with Crippen LogP contribution in [0.5, 0.6) is 0 Å². The number of aliphatic hydroxyl groups is 1. The van der Waals surface area contributed by atoms with Crippen molar-refractivity contribution in [2.45, 2.75) is 20.4 Å². The largest absolute Gasteiger partial charge is 0.399 e. The van der Waals surface area contributed by atoms with E-state index in [0.717, 1.165) is 29.1 Å². The molecule has 3 N–H and O–H groups in total. The molecule has 1 aromatic carbocycles. The molecule has 4 nitrogen and oxygen atoms in total. The van der Waals surface area contributed by atoms with Crippen molar-refractivity contribution in [1.29, 1.82) is 0 Å². The Morgan fingerprint density at radius 2 is 2.25 bits per heavy atom. The molecule has 0 spiro atoms. The minimum absolute atomic E-state index is 0.189. The predicted molar refractivity (Wildman–Crippen MR) is 65.1 cm³/mol. The molecule has 0 aliphatic rings. The van der Waals surface area contributed by atoms with Crippen LogP contribution in [0.1, 0.15) is 12.7 Å². The summed E-state index contributed by atoms with van der Waals surface area (Å²) < 4.78 is 2.12. The first-order valence-corrected chi connectivity index (χ1v) is 5.45. The van der Waals surface area contributed by atoms with Crippen LogP contribution in [0.4, 0.5) is 5.69 Å². The van der Waals surface area contributed by atoms with Gasteiger partial charge in [-0.3, -0.25) is 0 Å². The molecular weight excluding hydrogens is 202 g/mol. The zero-order valence-electron chi connectivity index (χ0n) is 9.64. The van der Waals surface area contributed by atoms with Crippen LogP contribution < -0.4 is 5.73 Å². The Labute approximate surface area is 94.7 Å². The van der Waals surface area contributed by atoms with Crippen molar-refractivity contribution in [1.82, 2.24) is 9.55 Å². The molecule has 1 aromatic heterocycles. The third-order valence-electron chi connectivity index (χ3n) is 2.77. The average Bonchev–Trinajstić information content (AvgIpc) is 2.54. The van der Waals surface area contributed by atoms with Crippen LogP contribution in [-0.4, -0.2) is 21.3 Å². The molecule has 2 rings (SSSR count). The van der Waals surface area contributed by atoms with Crippen molar-refractivity contribution in [3.05, 3.63) is 24.0 Å². The highest BCUT2D eigenvalue weighted by Crippen LogP contribution is 2.19. The van der Waals surface area contributed by atoms with Gasteiger partial charge in [-0.2, -0.15) is 0 Å². The second-order valence-electron chi connectivity index (χ2n) is 4.31. The minimum atomic E-state index is 0.189. The van der Waals surface area contributed by atoms with Crippen LogP contribution in [0, 0.1) is 12.8 Å². The number of aryl methyl sites for hydroxylation is 1. The summed E-state index contributed by atoms with van der Waals surface area (Å²) in [5.74, 6) is 1.19. The standard InChI is InChI=1S/C12H17N3O/c1-8(7-16)6-15-9(2)14-11-5-10(13)3-4-12(11)15/h3-5,8,16H,6-7,13H2,1-2H3. The van der Waals surface area contributed by atoms with Crippen molar-refractivity contribution in [3.8, 4) is 0 Å². The maximum atomic E-state index is 9.09. The average molecular weight is 219 g/mol. The highest BCUT2D eigenvalue weighted by molar-refractivity contribution is 5.79. The van der Waals surface area contributed by atoms with Crippen molar-refractivity contribution in [2.75, 3.05) is 12.3 Å². The monoisotopic (exact) mass is 219 g/mol. The van der Waals surface area contributed by atoms with Crippen LogP contribution in [0.3, 0.4) is 0 Å². The lowest BCUT2D eigenvalue weighted by molar-refractivity contribution is 0.223. The zero-order valence-corrected chi connectivity index (χ0v) is 9.64. The Hall–Kier alpha value is -1.55. The topological polar surface area (TPSA) is 64.1 Å². The summed E-state index contributed by atoms with van der Waals surface area (Å²) in [6.07, 6.45) is 0. The Balaban J connectivity index is 2.47. The highest BCUT2D eigenvalue weighted by Gasteiger charge is 2.10. The first-order valence-electron chi connectivity index (χ1n) is 5.45. The lowest BCUT2D eigenvalue weighted by Crippen LogP contribution is -2.12. The van der Waals surface area contributed by atoms with Gasteiger partial charge in [-0.05, 0) is 31.0 Å². The van der Waals surface area contributed by atoms with Crippen LogP contribution in [0.15, 0.2) is 18.2 Å². The summed E-state index contributed by atoms with van der Waals surface area (Å²) in [6, 6.07) is 5.74. The van der Waals surface area contributed by atoms with Gasteiger partial charge in [-0.25, -0.2) is 4.98 Å². The summed E-state index contributed by atoms with van der Waals surface area (Å²) >= 11 is 0. The predicted octanol–water partition coefficient (Wildman–Crippen LogP) is 1.56. The number of aromatic nitrogens is 2. The lowest BCUT2D eigenvalue weighted by atomic mass is 10.2. The van der Waals surface area contributed by atoms with Gasteiger partial charge in [0.1, 0.15) is 5.82 Å². The quantitative estimate of drug-likeness (QED) is 0.770. The number of nitrogen functional groups attached to an aromatic ring is 1. The number of nitrogens with zero attached hydrogens (tertiary/aromatic N) is 2. The number of rotatable bonds is 3. The summed E-state index contributed by atoms with van der Waals surface area (Å²) in [5, 5.41) is 9.09. The SMILES string of the molecule is Cc1nc2cc(N)ccc2n1CC(C)CO. The van der Waals surface area contributed by atoms with Crippen molar-refractivity contribution in [2.24, 2.45) is 5.92 Å². The minimum Gasteiger partial charge on any atom is -0.399 e. The molecule has 0 radical (unpaired) electrons. The molecule has 1 unspecified atom stereocenters. The zero-order chi connectivity index (χ0) is 11.7. The number of fused-ring (bicyclic) bond motifs is 1. The molecule has 0 saturated carbocycles. The van der Waals surface area contributed by atoms with Gasteiger partial charge in [0.2, 0.25) is 0 Å². The molecule has 0 bridgehead atoms. The summed E-state index contributed by atoms with van der Waals surface area (Å²) in [4.78, 5) is 4.46. The van der Waals surface area contributed by atoms with Gasteiger partial charge in [0.15, 0.2) is 0 Å². The molecule has 0 aliphatic carbocycles. The number of hydrogen-bond acceptors (Lipinski definition) is 3. The fraction of sp³-hybridized carbons (Fsp3) is 0.417. The smallest absolute Gasteiger partial charge is 0.106 e. The van der Waals surface area contributed by atoms with Crippen LogP contribution in [0.2, 0.25) is 0 Å². The van der Waals surface area contributed by atoms with Gasteiger partial charge in [-0.15, -0.1) is 0 Å². The van der Waals surface area contributed by atoms with E-state index in [9.17, 15) is 0 Å². The molecule has 86 valence electrons. The van der Waals surface area contributed by atoms with E-state index in [4.69, 9.17) is 10.8 Å². The molecule has 1 atom stereocenters. The van der Waals surface area contributed by atoms with Gasteiger partial charge < -0.3 is 15.4 Å². The highest BCUT2D eigenvalue weighted by atomic mass is 16.3. The molecule has 0 amide bonds. The van der Waals surface area contributed by atoms with Gasteiger partial charge in [0.05, 0.1) is 11.0 Å². The molecule has 0 fully saturated rings. The van der Waals surface area contributed by atoms with E-state index < -0.39 is 0 Å². The van der Waals surface area contributed by atoms with E-state index in [1.165, 1.54) is 0 Å². The number of imidazole rings is 1. The third-order valence-corrected chi connectivity index (χ3v) is 2.77. The van der Waals surface area contributed by atoms with Gasteiger partial charge >= 0.3 is 0 Å². The number of hydrogen-bond donors (Lipinski definition) is 2. The molecule has 4 heteroatoms. The van der Waals surface area contributed by atoms with Crippen molar-refractivity contribution >= 4 is 16.7 Å². The maximum Gasteiger partial charge on any atom is 0.106 e. The molecule has 2 aromatic rings. The Kier molecular flexibility index (Phi) is 2.83. The molecule has 0 aliphatic heterocycles. The van der Waals surface area contributed by atoms with Crippen LogP contribution >= 0.6 is 0 Å². The number of anilines is 1. The van der Waals surface area contributed by atoms with Gasteiger partial charge in [-0.1, -0.05) is 6.92 Å². The summed E-state index contributed by atoms with van der Waals surface area (Å²) in [6.45, 7) is 4.96. The fourth-order valence-corrected chi connectivity index (χ4v) is 1.87. The van der Waals surface area contributed by atoms with Crippen LogP contribution in [-0.2, 0) is 6.54 Å². The second kappa shape index (κ2) is 4.14. The Bertz CT molecular complexity index is 504.